The molecule has 0 saturated carbocycles. The second kappa shape index (κ2) is 8.30. The molecule has 2 rings (SSSR count). The Bertz CT molecular complexity index is 968. The fraction of sp³-hybridized carbons (Fsp3) is 0.263. The van der Waals surface area contributed by atoms with Crippen molar-refractivity contribution in [1.29, 1.82) is 0 Å². The lowest BCUT2D eigenvalue weighted by atomic mass is 9.94. The highest BCUT2D eigenvalue weighted by Gasteiger charge is 2.20. The van der Waals surface area contributed by atoms with E-state index in [1.54, 1.807) is 24.3 Å². The molecule has 0 heterocycles. The Morgan fingerprint density at radius 3 is 2.37 bits per heavy atom. The first-order valence-corrected chi connectivity index (χ1v) is 10.2. The van der Waals surface area contributed by atoms with E-state index >= 15 is 0 Å². The van der Waals surface area contributed by atoms with Gasteiger partial charge in [0.25, 0.3) is 0 Å². The van der Waals surface area contributed by atoms with Gasteiger partial charge in [-0.2, -0.15) is 0 Å². The molecular weight excluding hydrogens is 375 g/mol. The Kier molecular flexibility index (Phi) is 6.32. The molecule has 0 amide bonds. The molecule has 0 aliphatic carbocycles. The van der Waals surface area contributed by atoms with E-state index in [9.17, 15) is 27.5 Å². The van der Waals surface area contributed by atoms with Crippen molar-refractivity contribution >= 4 is 21.8 Å². The lowest BCUT2D eigenvalue weighted by molar-refractivity contribution is -0.141. The standard InChI is InChI=1S/C19H19FO6S/c1-27(25,26)8-7-15(19(23)24)10-12-3-2-4-13(9-12)16-6-5-14(18(21)22)11-17(16)20/h2-6,9,11,15H,7-8,10H2,1H3,(H,21,22)(H,23,24). The van der Waals surface area contributed by atoms with Gasteiger partial charge in [0.15, 0.2) is 0 Å². The topological polar surface area (TPSA) is 109 Å². The molecule has 1 unspecified atom stereocenters. The van der Waals surface area contributed by atoms with Crippen LogP contribution in [0.1, 0.15) is 22.3 Å². The van der Waals surface area contributed by atoms with E-state index in [-0.39, 0.29) is 29.7 Å². The van der Waals surface area contributed by atoms with Crippen LogP contribution in [0, 0.1) is 11.7 Å². The number of hydrogen-bond donors (Lipinski definition) is 2. The third-order valence-corrected chi connectivity index (χ3v) is 5.10. The van der Waals surface area contributed by atoms with Gasteiger partial charge in [0.05, 0.1) is 17.2 Å². The first kappa shape index (κ1) is 20.6. The van der Waals surface area contributed by atoms with Crippen molar-refractivity contribution in [1.82, 2.24) is 0 Å². The van der Waals surface area contributed by atoms with Crippen LogP contribution in [0.5, 0.6) is 0 Å². The number of halogens is 1. The monoisotopic (exact) mass is 394 g/mol. The van der Waals surface area contributed by atoms with E-state index in [4.69, 9.17) is 5.11 Å². The molecule has 0 saturated heterocycles. The SMILES string of the molecule is CS(=O)(=O)CCC(Cc1cccc(-c2ccc(C(=O)O)cc2F)c1)C(=O)O. The molecule has 144 valence electrons. The number of carbonyl (C=O) groups is 2. The van der Waals surface area contributed by atoms with E-state index in [0.29, 0.717) is 11.1 Å². The third kappa shape index (κ3) is 5.89. The van der Waals surface area contributed by atoms with Crippen LogP contribution in [0.3, 0.4) is 0 Å². The molecule has 0 aromatic heterocycles. The van der Waals surface area contributed by atoms with Crippen LogP contribution < -0.4 is 0 Å². The largest absolute Gasteiger partial charge is 0.481 e. The first-order valence-electron chi connectivity index (χ1n) is 8.09. The molecule has 0 fully saturated rings. The second-order valence-electron chi connectivity index (χ2n) is 6.36. The molecule has 6 nitrogen and oxygen atoms in total. The summed E-state index contributed by atoms with van der Waals surface area (Å²) in [6, 6.07) is 10.2. The average molecular weight is 394 g/mol. The minimum atomic E-state index is -3.27. The Labute approximate surface area is 156 Å². The number of aliphatic carboxylic acids is 1. The predicted octanol–water partition coefficient (Wildman–Crippen LogP) is 2.87. The molecule has 0 aliphatic rings. The number of benzene rings is 2. The van der Waals surface area contributed by atoms with E-state index in [1.807, 2.05) is 0 Å². The fourth-order valence-corrected chi connectivity index (χ4v) is 3.41. The van der Waals surface area contributed by atoms with E-state index in [2.05, 4.69) is 0 Å². The fourth-order valence-electron chi connectivity index (χ4n) is 2.70. The molecule has 2 N–H and O–H groups in total. The van der Waals surface area contributed by atoms with Gasteiger partial charge in [0.1, 0.15) is 15.7 Å². The summed E-state index contributed by atoms with van der Waals surface area (Å²) in [4.78, 5) is 22.3. The average Bonchev–Trinajstić information content (AvgIpc) is 2.57. The van der Waals surface area contributed by atoms with Crippen molar-refractivity contribution in [2.75, 3.05) is 12.0 Å². The molecule has 0 radical (unpaired) electrons. The summed E-state index contributed by atoms with van der Waals surface area (Å²) in [5.74, 6) is -4.13. The van der Waals surface area contributed by atoms with Crippen LogP contribution in [0.15, 0.2) is 42.5 Å². The molecule has 0 spiro atoms. The van der Waals surface area contributed by atoms with Crippen LogP contribution in [-0.4, -0.2) is 42.6 Å². The first-order chi connectivity index (χ1) is 12.6. The number of hydrogen-bond acceptors (Lipinski definition) is 4. The Morgan fingerprint density at radius 2 is 1.81 bits per heavy atom. The summed E-state index contributed by atoms with van der Waals surface area (Å²) in [6.07, 6.45) is 1.14. The Morgan fingerprint density at radius 1 is 1.11 bits per heavy atom. The number of carboxylic acid groups (broad SMARTS) is 2. The van der Waals surface area contributed by atoms with E-state index in [0.717, 1.165) is 12.3 Å². The van der Waals surface area contributed by atoms with Gasteiger partial charge >= 0.3 is 11.9 Å². The molecule has 2 aromatic carbocycles. The van der Waals surface area contributed by atoms with Gasteiger partial charge in [0, 0.05) is 11.8 Å². The summed E-state index contributed by atoms with van der Waals surface area (Å²) >= 11 is 0. The van der Waals surface area contributed by atoms with Crippen LogP contribution in [0.4, 0.5) is 4.39 Å². The van der Waals surface area contributed by atoms with Crippen molar-refractivity contribution in [3.63, 3.8) is 0 Å². The highest BCUT2D eigenvalue weighted by molar-refractivity contribution is 7.90. The third-order valence-electron chi connectivity index (χ3n) is 4.12. The van der Waals surface area contributed by atoms with Crippen molar-refractivity contribution in [2.24, 2.45) is 5.92 Å². The van der Waals surface area contributed by atoms with Crippen molar-refractivity contribution in [2.45, 2.75) is 12.8 Å². The normalized spacial score (nSPS) is 12.5. The zero-order valence-corrected chi connectivity index (χ0v) is 15.4. The maximum Gasteiger partial charge on any atom is 0.335 e. The number of rotatable bonds is 8. The molecule has 0 bridgehead atoms. The van der Waals surface area contributed by atoms with Gasteiger partial charge < -0.3 is 10.2 Å². The zero-order valence-electron chi connectivity index (χ0n) is 14.6. The lowest BCUT2D eigenvalue weighted by Gasteiger charge is -2.13. The van der Waals surface area contributed by atoms with E-state index in [1.165, 1.54) is 12.1 Å². The number of aromatic carboxylic acids is 1. The van der Waals surface area contributed by atoms with Crippen LogP contribution in [0.2, 0.25) is 0 Å². The van der Waals surface area contributed by atoms with Gasteiger partial charge in [-0.05, 0) is 36.1 Å². The van der Waals surface area contributed by atoms with Gasteiger partial charge in [-0.3, -0.25) is 4.79 Å². The molecule has 0 aliphatic heterocycles. The highest BCUT2D eigenvalue weighted by atomic mass is 32.2. The Hall–Kier alpha value is -2.74. The Balaban J connectivity index is 2.26. The smallest absolute Gasteiger partial charge is 0.335 e. The number of sulfone groups is 1. The van der Waals surface area contributed by atoms with Crippen molar-refractivity contribution in [3.05, 3.63) is 59.4 Å². The summed E-state index contributed by atoms with van der Waals surface area (Å²) in [5.41, 5.74) is 1.13. The van der Waals surface area contributed by atoms with Gasteiger partial charge in [-0.15, -0.1) is 0 Å². The maximum absolute atomic E-state index is 14.2. The van der Waals surface area contributed by atoms with Gasteiger partial charge in [-0.25, -0.2) is 17.6 Å². The van der Waals surface area contributed by atoms with E-state index < -0.39 is 33.5 Å². The van der Waals surface area contributed by atoms with Crippen LogP contribution in [-0.2, 0) is 21.1 Å². The summed E-state index contributed by atoms with van der Waals surface area (Å²) < 4.78 is 36.8. The van der Waals surface area contributed by atoms with Gasteiger partial charge in [-0.1, -0.05) is 30.3 Å². The minimum Gasteiger partial charge on any atom is -0.481 e. The van der Waals surface area contributed by atoms with Crippen molar-refractivity contribution < 1.29 is 32.6 Å². The maximum atomic E-state index is 14.2. The quantitative estimate of drug-likeness (QED) is 0.713. The lowest BCUT2D eigenvalue weighted by Crippen LogP contribution is -2.20. The summed E-state index contributed by atoms with van der Waals surface area (Å²) in [7, 11) is -3.27. The van der Waals surface area contributed by atoms with Crippen LogP contribution in [0.25, 0.3) is 11.1 Å². The molecular formula is C19H19FO6S. The predicted molar refractivity (Wildman–Crippen MR) is 98.0 cm³/mol. The molecule has 1 atom stereocenters. The highest BCUT2D eigenvalue weighted by Crippen LogP contribution is 2.26. The zero-order chi connectivity index (χ0) is 20.2. The van der Waals surface area contributed by atoms with Gasteiger partial charge in [0.2, 0.25) is 0 Å². The van der Waals surface area contributed by atoms with Crippen molar-refractivity contribution in [3.8, 4) is 11.1 Å². The van der Waals surface area contributed by atoms with Crippen LogP contribution >= 0.6 is 0 Å². The minimum absolute atomic E-state index is 0.0138. The summed E-state index contributed by atoms with van der Waals surface area (Å²) in [5, 5.41) is 18.2. The summed E-state index contributed by atoms with van der Waals surface area (Å²) in [6.45, 7) is 0. The molecule has 8 heteroatoms. The second-order valence-corrected chi connectivity index (χ2v) is 8.62. The number of carboxylic acids is 2. The molecule has 2 aromatic rings. The molecule has 27 heavy (non-hydrogen) atoms.